The first-order valence-electron chi connectivity index (χ1n) is 4.26. The van der Waals surface area contributed by atoms with E-state index < -0.39 is 9.05 Å². The van der Waals surface area contributed by atoms with Crippen LogP contribution in [0.25, 0.3) is 0 Å². The fourth-order valence-corrected chi connectivity index (χ4v) is 2.01. The number of hydrogen-bond donors (Lipinski definition) is 1. The number of ether oxygens (including phenoxy) is 1. The zero-order valence-electron chi connectivity index (χ0n) is 7.89. The fourth-order valence-electron chi connectivity index (χ4n) is 1.04. The maximum absolute atomic E-state index is 10.8. The Labute approximate surface area is 92.9 Å². The van der Waals surface area contributed by atoms with Crippen molar-refractivity contribution in [3.05, 3.63) is 29.8 Å². The summed E-state index contributed by atoms with van der Waals surface area (Å²) < 4.78 is 26.6. The van der Waals surface area contributed by atoms with Gasteiger partial charge in [0.1, 0.15) is 12.4 Å². The molecule has 1 aromatic carbocycles. The third kappa shape index (κ3) is 5.01. The van der Waals surface area contributed by atoms with Gasteiger partial charge >= 0.3 is 0 Å². The lowest BCUT2D eigenvalue weighted by Crippen LogP contribution is -2.01. The van der Waals surface area contributed by atoms with Gasteiger partial charge in [0.05, 0.1) is 12.4 Å². The number of aliphatic hydroxyl groups excluding tert-OH is 1. The Bertz CT molecular complexity index is 399. The lowest BCUT2D eigenvalue weighted by atomic mass is 10.2. The molecule has 0 aliphatic heterocycles. The van der Waals surface area contributed by atoms with Gasteiger partial charge in [-0.05, 0) is 17.7 Å². The van der Waals surface area contributed by atoms with Crippen molar-refractivity contribution in [3.63, 3.8) is 0 Å². The molecule has 0 radical (unpaired) electrons. The van der Waals surface area contributed by atoms with Gasteiger partial charge in [-0.25, -0.2) is 8.42 Å². The largest absolute Gasteiger partial charge is 0.491 e. The summed E-state index contributed by atoms with van der Waals surface area (Å²) in [6, 6.07) is 6.50. The van der Waals surface area contributed by atoms with Crippen molar-refractivity contribution in [1.82, 2.24) is 0 Å². The van der Waals surface area contributed by atoms with Crippen LogP contribution >= 0.6 is 10.7 Å². The minimum Gasteiger partial charge on any atom is -0.491 e. The van der Waals surface area contributed by atoms with Crippen LogP contribution in [-0.4, -0.2) is 26.7 Å². The zero-order chi connectivity index (χ0) is 11.3. The Hall–Kier alpha value is -0.780. The molecule has 15 heavy (non-hydrogen) atoms. The normalized spacial score (nSPS) is 11.3. The van der Waals surface area contributed by atoms with Crippen molar-refractivity contribution in [3.8, 4) is 5.75 Å². The summed E-state index contributed by atoms with van der Waals surface area (Å²) in [5.41, 5.74) is 0.598. The van der Waals surface area contributed by atoms with E-state index in [1.807, 2.05) is 0 Å². The van der Waals surface area contributed by atoms with Crippen LogP contribution in [0.4, 0.5) is 0 Å². The van der Waals surface area contributed by atoms with E-state index in [0.29, 0.717) is 11.3 Å². The molecule has 4 nitrogen and oxygen atoms in total. The summed E-state index contributed by atoms with van der Waals surface area (Å²) in [4.78, 5) is 0. The summed E-state index contributed by atoms with van der Waals surface area (Å²) in [5, 5.41) is 8.51. The van der Waals surface area contributed by atoms with E-state index in [0.717, 1.165) is 0 Å². The van der Waals surface area contributed by atoms with Crippen molar-refractivity contribution in [2.45, 2.75) is 5.75 Å². The van der Waals surface area contributed by atoms with E-state index >= 15 is 0 Å². The molecule has 1 rings (SSSR count). The molecule has 1 N–H and O–H groups in total. The predicted octanol–water partition coefficient (Wildman–Crippen LogP) is 1.13. The summed E-state index contributed by atoms with van der Waals surface area (Å²) >= 11 is 0. The third-order valence-corrected chi connectivity index (χ3v) is 2.63. The van der Waals surface area contributed by atoms with Crippen LogP contribution in [0.2, 0.25) is 0 Å². The van der Waals surface area contributed by atoms with E-state index in [2.05, 4.69) is 0 Å². The molecule has 0 spiro atoms. The summed E-state index contributed by atoms with van der Waals surface area (Å²) in [7, 11) is 1.58. The summed E-state index contributed by atoms with van der Waals surface area (Å²) in [6.45, 7) is 0.158. The van der Waals surface area contributed by atoms with Crippen LogP contribution in [0.15, 0.2) is 24.3 Å². The lowest BCUT2D eigenvalue weighted by Gasteiger charge is -2.04. The van der Waals surface area contributed by atoms with Crippen LogP contribution in [0.3, 0.4) is 0 Å². The number of halogens is 1. The number of rotatable bonds is 5. The zero-order valence-corrected chi connectivity index (χ0v) is 9.46. The van der Waals surface area contributed by atoms with Gasteiger partial charge in [0, 0.05) is 10.7 Å². The topological polar surface area (TPSA) is 63.6 Å². The van der Waals surface area contributed by atoms with E-state index in [4.69, 9.17) is 20.5 Å². The van der Waals surface area contributed by atoms with Gasteiger partial charge in [-0.3, -0.25) is 0 Å². The minimum atomic E-state index is -3.52. The first-order valence-corrected chi connectivity index (χ1v) is 6.74. The van der Waals surface area contributed by atoms with Gasteiger partial charge in [-0.1, -0.05) is 12.1 Å². The lowest BCUT2D eigenvalue weighted by molar-refractivity contribution is 0.201. The quantitative estimate of drug-likeness (QED) is 0.796. The minimum absolute atomic E-state index is 0.0577. The monoisotopic (exact) mass is 250 g/mol. The Kier molecular flexibility index (Phi) is 4.38. The molecule has 0 aliphatic carbocycles. The number of benzene rings is 1. The van der Waals surface area contributed by atoms with Crippen LogP contribution in [0, 0.1) is 0 Å². The standard InChI is InChI=1S/C9H11ClO4S/c10-15(12,13)7-8-1-3-9(4-2-8)14-6-5-11/h1-4,11H,5-7H2. The van der Waals surface area contributed by atoms with Crippen molar-refractivity contribution in [2.24, 2.45) is 0 Å². The Balaban J connectivity index is 2.64. The highest BCUT2D eigenvalue weighted by Gasteiger charge is 2.06. The van der Waals surface area contributed by atoms with E-state index in [-0.39, 0.29) is 19.0 Å². The number of hydrogen-bond acceptors (Lipinski definition) is 4. The molecule has 0 saturated heterocycles. The van der Waals surface area contributed by atoms with Crippen molar-refractivity contribution in [2.75, 3.05) is 13.2 Å². The van der Waals surface area contributed by atoms with E-state index in [9.17, 15) is 8.42 Å². The van der Waals surface area contributed by atoms with Crippen LogP contribution in [0.5, 0.6) is 5.75 Å². The molecule has 84 valence electrons. The second kappa shape index (κ2) is 5.34. The van der Waals surface area contributed by atoms with Crippen LogP contribution in [-0.2, 0) is 14.8 Å². The van der Waals surface area contributed by atoms with Gasteiger partial charge in [-0.2, -0.15) is 0 Å². The van der Waals surface area contributed by atoms with Gasteiger partial charge < -0.3 is 9.84 Å². The van der Waals surface area contributed by atoms with Crippen molar-refractivity contribution in [1.29, 1.82) is 0 Å². The van der Waals surface area contributed by atoms with E-state index in [1.165, 1.54) is 0 Å². The molecule has 0 fully saturated rings. The highest BCUT2D eigenvalue weighted by molar-refractivity contribution is 8.13. The average Bonchev–Trinajstić information content (AvgIpc) is 2.14. The first kappa shape index (κ1) is 12.3. The van der Waals surface area contributed by atoms with Gasteiger partial charge in [0.15, 0.2) is 0 Å². The van der Waals surface area contributed by atoms with Crippen molar-refractivity contribution >= 4 is 19.7 Å². The second-order valence-electron chi connectivity index (χ2n) is 2.90. The summed E-state index contributed by atoms with van der Waals surface area (Å²) in [6.07, 6.45) is 0. The molecule has 0 saturated carbocycles. The maximum atomic E-state index is 10.8. The Morgan fingerprint density at radius 3 is 2.33 bits per heavy atom. The molecule has 1 aromatic rings. The highest BCUT2D eigenvalue weighted by atomic mass is 35.7. The Morgan fingerprint density at radius 1 is 1.27 bits per heavy atom. The van der Waals surface area contributed by atoms with Gasteiger partial charge in [0.2, 0.25) is 9.05 Å². The Morgan fingerprint density at radius 2 is 1.87 bits per heavy atom. The molecule has 0 bridgehead atoms. The molecule has 0 unspecified atom stereocenters. The SMILES string of the molecule is O=S(=O)(Cl)Cc1ccc(OCCO)cc1. The molecular formula is C9H11ClO4S. The smallest absolute Gasteiger partial charge is 0.236 e. The molecule has 0 aliphatic rings. The maximum Gasteiger partial charge on any atom is 0.236 e. The molecule has 6 heteroatoms. The molecular weight excluding hydrogens is 240 g/mol. The highest BCUT2D eigenvalue weighted by Crippen LogP contribution is 2.15. The fraction of sp³-hybridized carbons (Fsp3) is 0.333. The van der Waals surface area contributed by atoms with Crippen LogP contribution < -0.4 is 4.74 Å². The molecule has 0 atom stereocenters. The average molecular weight is 251 g/mol. The van der Waals surface area contributed by atoms with Gasteiger partial charge in [0.25, 0.3) is 0 Å². The molecule has 0 amide bonds. The van der Waals surface area contributed by atoms with Gasteiger partial charge in [-0.15, -0.1) is 0 Å². The third-order valence-electron chi connectivity index (χ3n) is 1.62. The molecule has 0 heterocycles. The first-order chi connectivity index (χ1) is 7.01. The summed E-state index contributed by atoms with van der Waals surface area (Å²) in [5.74, 6) is 0.384. The van der Waals surface area contributed by atoms with E-state index in [1.54, 1.807) is 24.3 Å². The predicted molar refractivity (Wildman–Crippen MR) is 57.5 cm³/mol. The number of aliphatic hydroxyl groups is 1. The van der Waals surface area contributed by atoms with Crippen LogP contribution in [0.1, 0.15) is 5.56 Å². The van der Waals surface area contributed by atoms with Crippen molar-refractivity contribution < 1.29 is 18.3 Å². The second-order valence-corrected chi connectivity index (χ2v) is 5.68. The molecule has 0 aromatic heterocycles.